The number of carbonyl (C=O) groups excluding carboxylic acids is 2. The molecule has 2 aromatic heterocycles. The number of rotatable bonds is 10. The van der Waals surface area contributed by atoms with Crippen molar-refractivity contribution in [3.05, 3.63) is 35.4 Å². The van der Waals surface area contributed by atoms with Crippen LogP contribution in [0.15, 0.2) is 18.3 Å². The minimum absolute atomic E-state index is 0.00321. The second-order valence-electron chi connectivity index (χ2n) is 7.23. The molecule has 2 rings (SSSR count). The van der Waals surface area contributed by atoms with Crippen molar-refractivity contribution in [2.75, 3.05) is 23.8 Å². The molecule has 0 bridgehead atoms. The van der Waals surface area contributed by atoms with E-state index in [0.29, 0.717) is 48.8 Å². The van der Waals surface area contributed by atoms with Gasteiger partial charge < -0.3 is 21.3 Å². The minimum atomic E-state index is -0.644. The Morgan fingerprint density at radius 1 is 1.23 bits per heavy atom. The monoisotopic (exact) mass is 413 g/mol. The summed E-state index contributed by atoms with van der Waals surface area (Å²) in [7, 11) is 1.94. The lowest BCUT2D eigenvalue weighted by Crippen LogP contribution is -2.29. The third kappa shape index (κ3) is 5.88. The van der Waals surface area contributed by atoms with Gasteiger partial charge in [-0.15, -0.1) is 0 Å². The van der Waals surface area contributed by atoms with Crippen LogP contribution in [0.2, 0.25) is 0 Å². The van der Waals surface area contributed by atoms with E-state index in [2.05, 4.69) is 39.4 Å². The van der Waals surface area contributed by atoms with Crippen LogP contribution in [0.5, 0.6) is 0 Å². The van der Waals surface area contributed by atoms with E-state index < -0.39 is 5.91 Å². The number of amides is 2. The summed E-state index contributed by atoms with van der Waals surface area (Å²) < 4.78 is 0. The Kier molecular flexibility index (Phi) is 8.08. The van der Waals surface area contributed by atoms with Crippen molar-refractivity contribution in [1.29, 1.82) is 0 Å². The van der Waals surface area contributed by atoms with Gasteiger partial charge >= 0.3 is 0 Å². The lowest BCUT2D eigenvalue weighted by molar-refractivity contribution is -0.120. The second-order valence-corrected chi connectivity index (χ2v) is 7.23. The first kappa shape index (κ1) is 23.1. The zero-order valence-corrected chi connectivity index (χ0v) is 18.3. The van der Waals surface area contributed by atoms with Gasteiger partial charge in [0, 0.05) is 50.1 Å². The van der Waals surface area contributed by atoms with E-state index in [4.69, 9.17) is 5.73 Å². The molecule has 0 atom stereocenters. The Hall–Kier alpha value is -3.23. The summed E-state index contributed by atoms with van der Waals surface area (Å²) in [6.07, 6.45) is 3.33. The lowest BCUT2D eigenvalue weighted by atomic mass is 10.2. The van der Waals surface area contributed by atoms with Crippen molar-refractivity contribution in [1.82, 2.24) is 20.3 Å². The van der Waals surface area contributed by atoms with Crippen LogP contribution in [0.1, 0.15) is 56.0 Å². The Bertz CT molecular complexity index is 899. The van der Waals surface area contributed by atoms with E-state index in [0.717, 1.165) is 5.69 Å². The van der Waals surface area contributed by atoms with Crippen LogP contribution < -0.4 is 21.3 Å². The quantitative estimate of drug-likeness (QED) is 0.545. The first-order valence-electron chi connectivity index (χ1n) is 10.2. The third-order valence-corrected chi connectivity index (χ3v) is 4.73. The predicted octanol–water partition coefficient (Wildman–Crippen LogP) is 2.19. The Labute approximate surface area is 177 Å². The van der Waals surface area contributed by atoms with Gasteiger partial charge in [0.15, 0.2) is 17.3 Å². The predicted molar refractivity (Wildman–Crippen MR) is 118 cm³/mol. The zero-order chi connectivity index (χ0) is 22.3. The number of primary amides is 1. The van der Waals surface area contributed by atoms with Gasteiger partial charge in [-0.25, -0.2) is 9.97 Å². The molecule has 0 saturated heterocycles. The van der Waals surface area contributed by atoms with Crippen molar-refractivity contribution in [3.8, 4) is 0 Å². The highest BCUT2D eigenvalue weighted by Crippen LogP contribution is 2.25. The highest BCUT2D eigenvalue weighted by atomic mass is 16.2. The maximum absolute atomic E-state index is 12.0. The molecule has 0 aromatic carbocycles. The number of nitrogens with two attached hydrogens (primary N) is 1. The van der Waals surface area contributed by atoms with Crippen molar-refractivity contribution in [3.63, 3.8) is 0 Å². The summed E-state index contributed by atoms with van der Waals surface area (Å²) in [6, 6.07) is 3.84. The fourth-order valence-corrected chi connectivity index (χ4v) is 2.77. The number of pyridine rings is 1. The first-order chi connectivity index (χ1) is 14.3. The average Bonchev–Trinajstić information content (AvgIpc) is 2.72. The minimum Gasteiger partial charge on any atom is -0.364 e. The van der Waals surface area contributed by atoms with Gasteiger partial charge in [0.05, 0.1) is 5.69 Å². The summed E-state index contributed by atoms with van der Waals surface area (Å²) in [6.45, 7) is 8.39. The zero-order valence-electron chi connectivity index (χ0n) is 18.3. The van der Waals surface area contributed by atoms with Crippen molar-refractivity contribution >= 4 is 29.1 Å². The largest absolute Gasteiger partial charge is 0.364 e. The van der Waals surface area contributed by atoms with E-state index in [1.54, 1.807) is 12.3 Å². The standard InChI is InChI=1S/C21H31N7O2/c1-6-16-21(28(5)13(3)4)27-20(18(26-16)19(22)30)25-15-9-10-23-14(12-15)8-11-24-17(29)7-2/h9-10,12-13H,6-8,11H2,1-5H3,(H2,22,30)(H,24,29)(H,23,25,27). The Morgan fingerprint density at radius 2 is 1.97 bits per heavy atom. The fraction of sp³-hybridized carbons (Fsp3) is 0.476. The summed E-state index contributed by atoms with van der Waals surface area (Å²) in [4.78, 5) is 38.9. The van der Waals surface area contributed by atoms with Gasteiger partial charge in [0.2, 0.25) is 5.91 Å². The third-order valence-electron chi connectivity index (χ3n) is 4.73. The van der Waals surface area contributed by atoms with Crippen LogP contribution in [0, 0.1) is 0 Å². The number of hydrogen-bond donors (Lipinski definition) is 3. The van der Waals surface area contributed by atoms with Gasteiger partial charge in [-0.1, -0.05) is 13.8 Å². The molecule has 2 heterocycles. The summed E-state index contributed by atoms with van der Waals surface area (Å²) in [5, 5.41) is 5.99. The topological polar surface area (TPSA) is 126 Å². The normalized spacial score (nSPS) is 10.7. The van der Waals surface area contributed by atoms with Gasteiger partial charge in [-0.05, 0) is 32.4 Å². The molecule has 9 heteroatoms. The number of aromatic nitrogens is 3. The van der Waals surface area contributed by atoms with Crippen LogP contribution in [0.3, 0.4) is 0 Å². The molecule has 2 amide bonds. The lowest BCUT2D eigenvalue weighted by Gasteiger charge is -2.25. The van der Waals surface area contributed by atoms with E-state index in [1.165, 1.54) is 0 Å². The number of anilines is 3. The summed E-state index contributed by atoms with van der Waals surface area (Å²) >= 11 is 0. The van der Waals surface area contributed by atoms with Gasteiger partial charge in [0.25, 0.3) is 5.91 Å². The number of nitrogens with one attached hydrogen (secondary N) is 2. The van der Waals surface area contributed by atoms with Crippen molar-refractivity contribution in [2.24, 2.45) is 5.73 Å². The van der Waals surface area contributed by atoms with Gasteiger partial charge in [-0.2, -0.15) is 0 Å². The Morgan fingerprint density at radius 3 is 2.57 bits per heavy atom. The average molecular weight is 414 g/mol. The molecule has 0 aliphatic heterocycles. The molecular weight excluding hydrogens is 382 g/mol. The van der Waals surface area contributed by atoms with E-state index in [9.17, 15) is 9.59 Å². The maximum atomic E-state index is 12.0. The second kappa shape index (κ2) is 10.5. The van der Waals surface area contributed by atoms with Crippen LogP contribution in [0.25, 0.3) is 0 Å². The molecule has 0 saturated carbocycles. The van der Waals surface area contributed by atoms with E-state index in [1.807, 2.05) is 31.9 Å². The van der Waals surface area contributed by atoms with Crippen molar-refractivity contribution in [2.45, 2.75) is 53.0 Å². The van der Waals surface area contributed by atoms with Crippen molar-refractivity contribution < 1.29 is 9.59 Å². The summed E-state index contributed by atoms with van der Waals surface area (Å²) in [5.41, 5.74) is 7.89. The van der Waals surface area contributed by atoms with Crippen LogP contribution in [-0.2, 0) is 17.6 Å². The highest BCUT2D eigenvalue weighted by Gasteiger charge is 2.20. The molecule has 0 aliphatic rings. The molecule has 30 heavy (non-hydrogen) atoms. The highest BCUT2D eigenvalue weighted by molar-refractivity contribution is 5.96. The number of aryl methyl sites for hydroxylation is 1. The van der Waals surface area contributed by atoms with E-state index >= 15 is 0 Å². The molecule has 0 fully saturated rings. The molecular formula is C21H31N7O2. The fourth-order valence-electron chi connectivity index (χ4n) is 2.77. The molecule has 0 spiro atoms. The van der Waals surface area contributed by atoms with E-state index in [-0.39, 0.29) is 17.6 Å². The summed E-state index contributed by atoms with van der Waals surface area (Å²) in [5.74, 6) is 0.369. The molecule has 0 radical (unpaired) electrons. The number of hydrogen-bond acceptors (Lipinski definition) is 7. The Balaban J connectivity index is 2.32. The molecule has 2 aromatic rings. The molecule has 0 aliphatic carbocycles. The first-order valence-corrected chi connectivity index (χ1v) is 10.2. The molecule has 4 N–H and O–H groups in total. The smallest absolute Gasteiger partial charge is 0.271 e. The number of carbonyl (C=O) groups is 2. The van der Waals surface area contributed by atoms with Crippen LogP contribution in [0.4, 0.5) is 17.3 Å². The molecule has 9 nitrogen and oxygen atoms in total. The molecule has 162 valence electrons. The van der Waals surface area contributed by atoms with Crippen LogP contribution >= 0.6 is 0 Å². The molecule has 0 unspecified atom stereocenters. The number of nitrogens with zero attached hydrogens (tertiary/aromatic N) is 4. The van der Waals surface area contributed by atoms with Gasteiger partial charge in [-0.3, -0.25) is 14.6 Å². The SMILES string of the molecule is CCC(=O)NCCc1cc(Nc2nc(N(C)C(C)C)c(CC)nc2C(N)=O)ccn1. The maximum Gasteiger partial charge on any atom is 0.271 e. The van der Waals surface area contributed by atoms with Crippen LogP contribution in [-0.4, -0.2) is 46.4 Å². The van der Waals surface area contributed by atoms with Gasteiger partial charge in [0.1, 0.15) is 0 Å².